The maximum absolute atomic E-state index is 12.8. The zero-order chi connectivity index (χ0) is 19.7. The average Bonchev–Trinajstić information content (AvgIpc) is 2.97. The van der Waals surface area contributed by atoms with E-state index in [1.807, 2.05) is 0 Å². The molecular weight excluding hydrogens is 356 g/mol. The Bertz CT molecular complexity index is 979. The summed E-state index contributed by atoms with van der Waals surface area (Å²) < 4.78 is 6.59. The van der Waals surface area contributed by atoms with E-state index in [1.54, 1.807) is 18.2 Å². The Morgan fingerprint density at radius 3 is 2.41 bits per heavy atom. The van der Waals surface area contributed by atoms with Gasteiger partial charge < -0.3 is 20.1 Å². The molecule has 3 N–H and O–H groups in total. The van der Waals surface area contributed by atoms with E-state index in [9.17, 15) is 29.7 Å². The minimum atomic E-state index is -1.55. The molecule has 0 saturated carbocycles. The lowest BCUT2D eigenvalue weighted by Gasteiger charge is -2.19. The van der Waals surface area contributed by atoms with Gasteiger partial charge in [0.15, 0.2) is 6.23 Å². The first-order chi connectivity index (χ1) is 12.9. The molecule has 27 heavy (non-hydrogen) atoms. The summed E-state index contributed by atoms with van der Waals surface area (Å²) in [4.78, 5) is 38.1. The highest BCUT2D eigenvalue weighted by Crippen LogP contribution is 2.28. The molecule has 1 saturated heterocycles. The van der Waals surface area contributed by atoms with Gasteiger partial charge in [0.1, 0.15) is 18.3 Å². The predicted molar refractivity (Wildman–Crippen MR) is 94.2 cm³/mol. The molecule has 1 fully saturated rings. The van der Waals surface area contributed by atoms with Crippen LogP contribution in [-0.2, 0) is 4.74 Å². The smallest absolute Gasteiger partial charge is 0.340 e. The van der Waals surface area contributed by atoms with E-state index in [4.69, 9.17) is 4.74 Å². The van der Waals surface area contributed by atoms with Crippen molar-refractivity contribution in [1.82, 2.24) is 9.13 Å². The second-order valence-corrected chi connectivity index (χ2v) is 6.02. The highest BCUT2D eigenvalue weighted by molar-refractivity contribution is 5.95. The Labute approximate surface area is 153 Å². The van der Waals surface area contributed by atoms with E-state index < -0.39 is 48.3 Å². The van der Waals surface area contributed by atoms with Crippen LogP contribution in [0.1, 0.15) is 22.1 Å². The van der Waals surface area contributed by atoms with Crippen molar-refractivity contribution < 1.29 is 24.9 Å². The van der Waals surface area contributed by atoms with Crippen molar-refractivity contribution in [3.8, 4) is 0 Å². The van der Waals surface area contributed by atoms with Gasteiger partial charge in [0.25, 0.3) is 11.5 Å². The van der Waals surface area contributed by atoms with Gasteiger partial charge in [0.05, 0.1) is 12.2 Å². The number of benzene rings is 1. The van der Waals surface area contributed by atoms with Gasteiger partial charge in [-0.3, -0.25) is 14.2 Å². The molecule has 0 amide bonds. The fraction of sp³-hybridized carbons (Fsp3) is 0.278. The second kappa shape index (κ2) is 7.41. The van der Waals surface area contributed by atoms with Crippen molar-refractivity contribution in [1.29, 1.82) is 0 Å². The van der Waals surface area contributed by atoms with Gasteiger partial charge in [-0.15, -0.1) is 0 Å². The molecule has 0 spiro atoms. The first kappa shape index (κ1) is 18.9. The van der Waals surface area contributed by atoms with Crippen LogP contribution in [0, 0.1) is 0 Å². The van der Waals surface area contributed by atoms with Gasteiger partial charge in [-0.25, -0.2) is 4.79 Å². The largest absolute Gasteiger partial charge is 0.394 e. The Balaban J connectivity index is 2.18. The lowest BCUT2D eigenvalue weighted by molar-refractivity contribution is -0.0554. The molecule has 0 bridgehead atoms. The summed E-state index contributed by atoms with van der Waals surface area (Å²) in [7, 11) is 0. The average molecular weight is 374 g/mol. The molecule has 142 valence electrons. The first-order valence-corrected chi connectivity index (χ1v) is 8.13. The third-order valence-corrected chi connectivity index (χ3v) is 4.38. The van der Waals surface area contributed by atoms with Crippen LogP contribution in [-0.4, -0.2) is 55.3 Å². The Morgan fingerprint density at radius 1 is 1.19 bits per heavy atom. The fourth-order valence-corrected chi connectivity index (χ4v) is 2.91. The van der Waals surface area contributed by atoms with Gasteiger partial charge in [-0.05, 0) is 12.1 Å². The number of aromatic nitrogens is 2. The summed E-state index contributed by atoms with van der Waals surface area (Å²) in [5.74, 6) is -0.852. The van der Waals surface area contributed by atoms with E-state index in [1.165, 1.54) is 12.1 Å². The van der Waals surface area contributed by atoms with Crippen LogP contribution in [0.25, 0.3) is 6.08 Å². The molecule has 3 rings (SSSR count). The van der Waals surface area contributed by atoms with Gasteiger partial charge in [0.2, 0.25) is 0 Å². The number of ether oxygens (including phenoxy) is 1. The standard InChI is InChI=1S/C18H18N2O7/c1-2-10-8-19(17-14(23)13(22)12(9-21)27-17)18(26)20(15(10)24)16(25)11-6-4-3-5-7-11/h2-8,12-14,17,21-23H,1,9H2/t12-,13-,14+,17-/m1/s1. The van der Waals surface area contributed by atoms with Crippen LogP contribution >= 0.6 is 0 Å². The van der Waals surface area contributed by atoms with E-state index in [2.05, 4.69) is 6.58 Å². The summed E-state index contributed by atoms with van der Waals surface area (Å²) in [5.41, 5.74) is -1.87. The van der Waals surface area contributed by atoms with Gasteiger partial charge in [0, 0.05) is 11.8 Å². The van der Waals surface area contributed by atoms with Crippen LogP contribution in [0.15, 0.2) is 52.7 Å². The monoisotopic (exact) mass is 374 g/mol. The summed E-state index contributed by atoms with van der Waals surface area (Å²) in [5, 5.41) is 29.3. The molecule has 1 aromatic carbocycles. The molecule has 0 unspecified atom stereocenters. The number of carbonyl (C=O) groups is 1. The molecule has 1 aliphatic rings. The van der Waals surface area contributed by atoms with E-state index >= 15 is 0 Å². The summed E-state index contributed by atoms with van der Waals surface area (Å²) in [6.45, 7) is 2.91. The molecular formula is C18H18N2O7. The highest BCUT2D eigenvalue weighted by atomic mass is 16.6. The van der Waals surface area contributed by atoms with Crippen LogP contribution in [0.2, 0.25) is 0 Å². The van der Waals surface area contributed by atoms with Crippen LogP contribution < -0.4 is 11.2 Å². The predicted octanol–water partition coefficient (Wildman–Crippen LogP) is -1.05. The number of rotatable bonds is 4. The molecule has 2 heterocycles. The van der Waals surface area contributed by atoms with Crippen LogP contribution in [0.4, 0.5) is 0 Å². The van der Waals surface area contributed by atoms with Gasteiger partial charge in [-0.1, -0.05) is 30.9 Å². The number of aliphatic hydroxyl groups excluding tert-OH is 3. The Morgan fingerprint density at radius 2 is 1.85 bits per heavy atom. The van der Waals surface area contributed by atoms with Crippen LogP contribution in [0.3, 0.4) is 0 Å². The third kappa shape index (κ3) is 3.17. The second-order valence-electron chi connectivity index (χ2n) is 6.02. The number of nitrogens with zero attached hydrogens (tertiary/aromatic N) is 2. The first-order valence-electron chi connectivity index (χ1n) is 8.13. The lowest BCUT2D eigenvalue weighted by atomic mass is 10.1. The minimum absolute atomic E-state index is 0.0726. The third-order valence-electron chi connectivity index (χ3n) is 4.38. The molecule has 0 aliphatic carbocycles. The molecule has 9 heteroatoms. The van der Waals surface area contributed by atoms with Gasteiger partial charge in [-0.2, -0.15) is 4.57 Å². The number of hydrogen-bond acceptors (Lipinski definition) is 7. The zero-order valence-electron chi connectivity index (χ0n) is 14.1. The Kier molecular flexibility index (Phi) is 5.19. The minimum Gasteiger partial charge on any atom is -0.394 e. The van der Waals surface area contributed by atoms with Crippen molar-refractivity contribution in [3.05, 3.63) is 75.1 Å². The zero-order valence-corrected chi connectivity index (χ0v) is 14.1. The maximum atomic E-state index is 12.8. The van der Waals surface area contributed by atoms with Crippen molar-refractivity contribution in [3.63, 3.8) is 0 Å². The van der Waals surface area contributed by atoms with Crippen molar-refractivity contribution in [2.24, 2.45) is 0 Å². The highest BCUT2D eigenvalue weighted by Gasteiger charge is 2.44. The molecule has 4 atom stereocenters. The summed E-state index contributed by atoms with van der Waals surface area (Å²) >= 11 is 0. The summed E-state index contributed by atoms with van der Waals surface area (Å²) in [6.07, 6.45) is -3.24. The number of hydrogen-bond donors (Lipinski definition) is 3. The molecule has 1 aromatic heterocycles. The number of aliphatic hydroxyl groups is 3. The molecule has 1 aliphatic heterocycles. The van der Waals surface area contributed by atoms with E-state index in [0.29, 0.717) is 4.57 Å². The fourth-order valence-electron chi connectivity index (χ4n) is 2.91. The van der Waals surface area contributed by atoms with Crippen molar-refractivity contribution >= 4 is 12.0 Å². The quantitative estimate of drug-likeness (QED) is 0.622. The SMILES string of the molecule is C=Cc1cn([C@@H]2O[C@H](CO)[C@@H](O)[C@@H]2O)c(=O)n(C(=O)c2ccccc2)c1=O. The lowest BCUT2D eigenvalue weighted by Crippen LogP contribution is -2.47. The number of carbonyl (C=O) groups excluding carboxylic acids is 1. The molecule has 0 radical (unpaired) electrons. The Hall–Kier alpha value is -2.85. The van der Waals surface area contributed by atoms with E-state index in [-0.39, 0.29) is 11.1 Å². The maximum Gasteiger partial charge on any atom is 0.340 e. The van der Waals surface area contributed by atoms with Crippen molar-refractivity contribution in [2.45, 2.75) is 24.5 Å². The molecule has 2 aromatic rings. The van der Waals surface area contributed by atoms with Crippen molar-refractivity contribution in [2.75, 3.05) is 6.61 Å². The topological polar surface area (TPSA) is 131 Å². The summed E-state index contributed by atoms with van der Waals surface area (Å²) in [6, 6.07) is 7.74. The van der Waals surface area contributed by atoms with E-state index in [0.717, 1.165) is 16.8 Å². The molecule has 9 nitrogen and oxygen atoms in total. The van der Waals surface area contributed by atoms with Gasteiger partial charge >= 0.3 is 5.69 Å². The normalized spacial score (nSPS) is 24.7. The van der Waals surface area contributed by atoms with Crippen LogP contribution in [0.5, 0.6) is 0 Å².